The first-order valence-electron chi connectivity index (χ1n) is 10.8. The number of rotatable bonds is 5. The summed E-state index contributed by atoms with van der Waals surface area (Å²) in [6, 6.07) is 9.95. The van der Waals surface area contributed by atoms with Gasteiger partial charge in [0, 0.05) is 24.9 Å². The second-order valence-corrected chi connectivity index (χ2v) is 9.16. The van der Waals surface area contributed by atoms with Crippen LogP contribution in [-0.4, -0.2) is 69.6 Å². The first kappa shape index (κ1) is 23.4. The summed E-state index contributed by atoms with van der Waals surface area (Å²) in [7, 11) is 0. The molecule has 1 aromatic carbocycles. The summed E-state index contributed by atoms with van der Waals surface area (Å²) < 4.78 is 0. The molecule has 3 heterocycles. The molecule has 31 heavy (non-hydrogen) atoms. The maximum atomic E-state index is 12.9. The molecule has 8 heteroatoms. The fourth-order valence-corrected chi connectivity index (χ4v) is 5.25. The van der Waals surface area contributed by atoms with Gasteiger partial charge < -0.3 is 15.1 Å². The topological polar surface area (TPSA) is 94.0 Å². The largest absolute Gasteiger partial charge is 0.483 e. The van der Waals surface area contributed by atoms with Crippen LogP contribution in [0.4, 0.5) is 0 Å². The highest BCUT2D eigenvalue weighted by Crippen LogP contribution is 2.37. The van der Waals surface area contributed by atoms with Gasteiger partial charge in [-0.2, -0.15) is 0 Å². The molecule has 2 saturated heterocycles. The van der Waals surface area contributed by atoms with Crippen molar-refractivity contribution in [3.8, 4) is 0 Å². The molecule has 2 atom stereocenters. The van der Waals surface area contributed by atoms with Crippen molar-refractivity contribution >= 4 is 23.7 Å². The minimum Gasteiger partial charge on any atom is -0.483 e. The van der Waals surface area contributed by atoms with Gasteiger partial charge in [-0.1, -0.05) is 30.3 Å². The smallest absolute Gasteiger partial charge is 0.290 e. The van der Waals surface area contributed by atoms with E-state index in [1.807, 2.05) is 47.5 Å². The first-order valence-corrected chi connectivity index (χ1v) is 11.6. The van der Waals surface area contributed by atoms with Crippen molar-refractivity contribution in [1.29, 1.82) is 0 Å². The van der Waals surface area contributed by atoms with Crippen molar-refractivity contribution in [3.05, 3.63) is 52.0 Å². The van der Waals surface area contributed by atoms with E-state index >= 15 is 0 Å². The number of carboxylic acid groups (broad SMARTS) is 1. The average Bonchev–Trinajstić information content (AvgIpc) is 3.45. The number of aliphatic hydroxyl groups is 1. The Hall–Kier alpha value is -2.29. The monoisotopic (exact) mass is 445 g/mol. The van der Waals surface area contributed by atoms with E-state index < -0.39 is 5.60 Å². The Labute approximate surface area is 187 Å². The zero-order valence-corrected chi connectivity index (χ0v) is 18.8. The first-order chi connectivity index (χ1) is 15.0. The lowest BCUT2D eigenvalue weighted by Crippen LogP contribution is -2.61. The van der Waals surface area contributed by atoms with Gasteiger partial charge in [0.2, 0.25) is 5.91 Å². The van der Waals surface area contributed by atoms with Crippen LogP contribution in [0.5, 0.6) is 0 Å². The zero-order valence-electron chi connectivity index (χ0n) is 17.9. The third-order valence-corrected chi connectivity index (χ3v) is 7.00. The molecule has 0 radical (unpaired) electrons. The molecule has 1 amide bonds. The summed E-state index contributed by atoms with van der Waals surface area (Å²) in [5.41, 5.74) is 1.08. The van der Waals surface area contributed by atoms with E-state index in [9.17, 15) is 9.90 Å². The van der Waals surface area contributed by atoms with Crippen molar-refractivity contribution < 1.29 is 19.8 Å². The third kappa shape index (κ3) is 5.70. The van der Waals surface area contributed by atoms with Gasteiger partial charge in [-0.3, -0.25) is 14.5 Å². The van der Waals surface area contributed by atoms with Crippen molar-refractivity contribution in [2.24, 2.45) is 0 Å². The molecule has 168 valence electrons. The highest BCUT2D eigenvalue weighted by Gasteiger charge is 2.47. The second-order valence-electron chi connectivity index (χ2n) is 8.10. The maximum Gasteiger partial charge on any atom is 0.290 e. The standard InChI is InChI=1S/C22H29N3O2S.CH2O2/c1-17-23-19(16-28-17)9-10-21(26)25-14-11-22(27,18-7-3-2-4-8-18)20(15-25)24-12-5-6-13-24;2-1-3/h2-4,7-8,16,20,27H,5-6,9-15H2,1H3;1H,(H,2,3)/t20-,22+;/m1./s1. The number of carbonyl (C=O) groups excluding carboxylic acids is 1. The number of hydrogen-bond acceptors (Lipinski definition) is 6. The molecule has 0 saturated carbocycles. The minimum atomic E-state index is -0.894. The van der Waals surface area contributed by atoms with Crippen molar-refractivity contribution in [1.82, 2.24) is 14.8 Å². The van der Waals surface area contributed by atoms with Crippen LogP contribution < -0.4 is 0 Å². The third-order valence-electron chi connectivity index (χ3n) is 6.18. The van der Waals surface area contributed by atoms with E-state index in [0.717, 1.165) is 29.4 Å². The van der Waals surface area contributed by atoms with Crippen LogP contribution in [0.15, 0.2) is 35.7 Å². The predicted octanol–water partition coefficient (Wildman–Crippen LogP) is 2.67. The lowest BCUT2D eigenvalue weighted by atomic mass is 9.79. The van der Waals surface area contributed by atoms with Gasteiger partial charge in [0.15, 0.2) is 0 Å². The summed E-state index contributed by atoms with van der Waals surface area (Å²) in [5.74, 6) is 0.171. The summed E-state index contributed by atoms with van der Waals surface area (Å²) in [6.45, 7) is 4.94. The Kier molecular flexibility index (Phi) is 8.17. The molecule has 0 bridgehead atoms. The minimum absolute atomic E-state index is 0.0448. The number of hydrogen-bond donors (Lipinski definition) is 2. The summed E-state index contributed by atoms with van der Waals surface area (Å²) in [4.78, 5) is 30.1. The van der Waals surface area contributed by atoms with Gasteiger partial charge in [-0.05, 0) is 51.3 Å². The number of benzene rings is 1. The maximum absolute atomic E-state index is 12.9. The van der Waals surface area contributed by atoms with Gasteiger partial charge >= 0.3 is 0 Å². The van der Waals surface area contributed by atoms with Gasteiger partial charge in [0.05, 0.1) is 16.7 Å². The summed E-state index contributed by atoms with van der Waals surface area (Å²) in [6.07, 6.45) is 4.09. The Morgan fingerprint density at radius 1 is 1.26 bits per heavy atom. The number of amides is 1. The van der Waals surface area contributed by atoms with Crippen LogP contribution in [0.25, 0.3) is 0 Å². The van der Waals surface area contributed by atoms with Crippen molar-refractivity contribution in [3.63, 3.8) is 0 Å². The SMILES string of the molecule is Cc1nc(CCC(=O)N2CC[C@](O)(c3ccccc3)[C@H](N3CCCC3)C2)cs1.O=CO. The van der Waals surface area contributed by atoms with Gasteiger partial charge in [-0.15, -0.1) is 11.3 Å². The molecule has 0 aliphatic carbocycles. The van der Waals surface area contributed by atoms with Crippen LogP contribution in [0.1, 0.15) is 41.9 Å². The van der Waals surface area contributed by atoms with Gasteiger partial charge in [0.1, 0.15) is 5.60 Å². The molecule has 7 nitrogen and oxygen atoms in total. The fourth-order valence-electron chi connectivity index (χ4n) is 4.60. The lowest BCUT2D eigenvalue weighted by Gasteiger charge is -2.48. The molecule has 2 N–H and O–H groups in total. The van der Waals surface area contributed by atoms with Crippen molar-refractivity contribution in [2.75, 3.05) is 26.2 Å². The van der Waals surface area contributed by atoms with Crippen molar-refractivity contribution in [2.45, 2.75) is 50.7 Å². The molecule has 4 rings (SSSR count). The van der Waals surface area contributed by atoms with E-state index in [1.165, 1.54) is 12.8 Å². The van der Waals surface area contributed by atoms with E-state index in [4.69, 9.17) is 9.90 Å². The molecular formula is C23H31N3O4S. The molecular weight excluding hydrogens is 414 g/mol. The quantitative estimate of drug-likeness (QED) is 0.688. The number of carbonyl (C=O) groups is 2. The van der Waals surface area contributed by atoms with Gasteiger partial charge in [-0.25, -0.2) is 4.98 Å². The van der Waals surface area contributed by atoms with E-state index in [-0.39, 0.29) is 18.4 Å². The number of aryl methyl sites for hydroxylation is 2. The molecule has 2 aliphatic heterocycles. The fraction of sp³-hybridized carbons (Fsp3) is 0.522. The number of nitrogens with zero attached hydrogens (tertiary/aromatic N) is 3. The number of thiazole rings is 1. The Morgan fingerprint density at radius 3 is 2.55 bits per heavy atom. The Balaban J connectivity index is 0.000000858. The highest BCUT2D eigenvalue weighted by atomic mass is 32.1. The zero-order chi connectivity index (χ0) is 22.3. The molecule has 2 aromatic rings. The Morgan fingerprint density at radius 2 is 1.94 bits per heavy atom. The molecule has 2 aliphatic rings. The molecule has 0 spiro atoms. The highest BCUT2D eigenvalue weighted by molar-refractivity contribution is 7.09. The van der Waals surface area contributed by atoms with E-state index in [0.29, 0.717) is 32.4 Å². The number of likely N-dealkylation sites (tertiary alicyclic amines) is 2. The van der Waals surface area contributed by atoms with E-state index in [1.54, 1.807) is 11.3 Å². The van der Waals surface area contributed by atoms with Crippen LogP contribution >= 0.6 is 11.3 Å². The molecule has 1 aromatic heterocycles. The van der Waals surface area contributed by atoms with Crippen LogP contribution in [-0.2, 0) is 21.6 Å². The lowest BCUT2D eigenvalue weighted by molar-refractivity contribution is -0.143. The Bertz CT molecular complexity index is 854. The normalized spacial score (nSPS) is 23.8. The number of aromatic nitrogens is 1. The van der Waals surface area contributed by atoms with Crippen LogP contribution in [0.2, 0.25) is 0 Å². The van der Waals surface area contributed by atoms with Crippen LogP contribution in [0, 0.1) is 6.92 Å². The van der Waals surface area contributed by atoms with Crippen LogP contribution in [0.3, 0.4) is 0 Å². The average molecular weight is 446 g/mol. The van der Waals surface area contributed by atoms with E-state index in [2.05, 4.69) is 9.88 Å². The summed E-state index contributed by atoms with van der Waals surface area (Å²) >= 11 is 1.63. The second kappa shape index (κ2) is 10.8. The predicted molar refractivity (Wildman–Crippen MR) is 120 cm³/mol. The van der Waals surface area contributed by atoms with Gasteiger partial charge in [0.25, 0.3) is 6.47 Å². The molecule has 2 fully saturated rings. The molecule has 0 unspecified atom stereocenters. The number of piperidine rings is 1. The summed E-state index contributed by atoms with van der Waals surface area (Å²) in [5, 5.41) is 21.7.